The van der Waals surface area contributed by atoms with E-state index in [0.29, 0.717) is 18.8 Å². The molecule has 0 radical (unpaired) electrons. The minimum Gasteiger partial charge on any atom is -0.368 e. The minimum absolute atomic E-state index is 0.252. The second kappa shape index (κ2) is 4.95. The number of nitrogens with one attached hydrogen (secondary N) is 1. The number of aryl methyl sites for hydroxylation is 1. The highest BCUT2D eigenvalue weighted by Gasteiger charge is 2.06. The van der Waals surface area contributed by atoms with Crippen molar-refractivity contribution >= 4 is 34.4 Å². The molecule has 1 aromatic heterocycles. The van der Waals surface area contributed by atoms with Crippen molar-refractivity contribution in [1.82, 2.24) is 9.97 Å². The van der Waals surface area contributed by atoms with E-state index < -0.39 is 0 Å². The van der Waals surface area contributed by atoms with Crippen LogP contribution in [0.5, 0.6) is 0 Å². The summed E-state index contributed by atoms with van der Waals surface area (Å²) in [5.74, 6) is 0.952. The summed E-state index contributed by atoms with van der Waals surface area (Å²) in [6, 6.07) is 2.05. The maximum Gasteiger partial charge on any atom is 0.222 e. The van der Waals surface area contributed by atoms with Crippen LogP contribution in [0.1, 0.15) is 12.1 Å². The Hall–Kier alpha value is -1.10. The lowest BCUT2D eigenvalue weighted by molar-refractivity contribution is 1.02. The number of rotatable bonds is 3. The van der Waals surface area contributed by atoms with Gasteiger partial charge in [0.2, 0.25) is 5.95 Å². The van der Waals surface area contributed by atoms with Gasteiger partial charge in [-0.3, -0.25) is 0 Å². The second-order valence-corrected chi connectivity index (χ2v) is 3.74. The number of nitrogen functional groups attached to an aromatic ring is 1. The van der Waals surface area contributed by atoms with Crippen LogP contribution < -0.4 is 11.1 Å². The van der Waals surface area contributed by atoms with Crippen LogP contribution in [0.2, 0.25) is 0 Å². The first-order chi connectivity index (χ1) is 6.65. The standard InChI is InChI=1S/C8H10IN5/c1-5-6(9)7(12-4-2-3-10)14-8(11)13-5/h2,4H2,1H3,(H3,11,12,13,14). The van der Waals surface area contributed by atoms with Gasteiger partial charge in [0, 0.05) is 6.54 Å². The molecule has 1 heterocycles. The van der Waals surface area contributed by atoms with Gasteiger partial charge in [-0.25, -0.2) is 4.98 Å². The van der Waals surface area contributed by atoms with E-state index in [0.717, 1.165) is 9.26 Å². The number of anilines is 2. The van der Waals surface area contributed by atoms with Crippen LogP contribution in [-0.4, -0.2) is 16.5 Å². The van der Waals surface area contributed by atoms with Gasteiger partial charge in [-0.15, -0.1) is 0 Å². The smallest absolute Gasteiger partial charge is 0.222 e. The Balaban J connectivity index is 2.81. The molecule has 5 nitrogen and oxygen atoms in total. The van der Waals surface area contributed by atoms with Crippen molar-refractivity contribution in [2.24, 2.45) is 0 Å². The van der Waals surface area contributed by atoms with Crippen LogP contribution in [0, 0.1) is 21.8 Å². The number of nitriles is 1. The predicted molar refractivity (Wildman–Crippen MR) is 62.6 cm³/mol. The zero-order valence-corrected chi connectivity index (χ0v) is 9.87. The molecule has 0 spiro atoms. The summed E-state index contributed by atoms with van der Waals surface area (Å²) in [5.41, 5.74) is 6.35. The molecular weight excluding hydrogens is 293 g/mol. The van der Waals surface area contributed by atoms with Gasteiger partial charge in [-0.2, -0.15) is 10.2 Å². The van der Waals surface area contributed by atoms with Crippen LogP contribution in [-0.2, 0) is 0 Å². The van der Waals surface area contributed by atoms with Crippen LogP contribution in [0.4, 0.5) is 11.8 Å². The van der Waals surface area contributed by atoms with Gasteiger partial charge in [0.25, 0.3) is 0 Å². The summed E-state index contributed by atoms with van der Waals surface area (Å²) in [4.78, 5) is 8.06. The molecule has 1 aromatic rings. The number of nitrogens with zero attached hydrogens (tertiary/aromatic N) is 3. The first kappa shape index (κ1) is 11.0. The quantitative estimate of drug-likeness (QED) is 0.649. The summed E-state index contributed by atoms with van der Waals surface area (Å²) < 4.78 is 0.940. The molecule has 0 aromatic carbocycles. The molecule has 3 N–H and O–H groups in total. The monoisotopic (exact) mass is 303 g/mol. The highest BCUT2D eigenvalue weighted by atomic mass is 127. The Kier molecular flexibility index (Phi) is 3.88. The number of hydrogen-bond donors (Lipinski definition) is 2. The summed E-state index contributed by atoms with van der Waals surface area (Å²) in [6.07, 6.45) is 0.443. The van der Waals surface area contributed by atoms with Gasteiger partial charge in [0.05, 0.1) is 21.8 Å². The topological polar surface area (TPSA) is 87.6 Å². The fraction of sp³-hybridized carbons (Fsp3) is 0.375. The third kappa shape index (κ3) is 2.70. The molecular formula is C8H10IN5. The number of halogens is 1. The second-order valence-electron chi connectivity index (χ2n) is 2.66. The van der Waals surface area contributed by atoms with Crippen molar-refractivity contribution in [3.63, 3.8) is 0 Å². The summed E-state index contributed by atoms with van der Waals surface area (Å²) in [6.45, 7) is 2.44. The molecule has 0 fully saturated rings. The SMILES string of the molecule is Cc1nc(N)nc(NCCC#N)c1I. The molecule has 0 saturated carbocycles. The van der Waals surface area contributed by atoms with Crippen LogP contribution >= 0.6 is 22.6 Å². The van der Waals surface area contributed by atoms with Gasteiger partial charge in [0.1, 0.15) is 5.82 Å². The predicted octanol–water partition coefficient (Wildman–Crippen LogP) is 1.30. The maximum absolute atomic E-state index is 8.37. The Labute approximate surface area is 95.9 Å². The number of aromatic nitrogens is 2. The van der Waals surface area contributed by atoms with E-state index in [1.54, 1.807) is 0 Å². The molecule has 0 aliphatic carbocycles. The van der Waals surface area contributed by atoms with Gasteiger partial charge < -0.3 is 11.1 Å². The average molecular weight is 303 g/mol. The maximum atomic E-state index is 8.37. The van der Waals surface area contributed by atoms with E-state index in [1.807, 2.05) is 13.0 Å². The van der Waals surface area contributed by atoms with E-state index in [2.05, 4.69) is 37.9 Å². The van der Waals surface area contributed by atoms with E-state index in [-0.39, 0.29) is 5.95 Å². The lowest BCUT2D eigenvalue weighted by Gasteiger charge is -2.07. The van der Waals surface area contributed by atoms with Gasteiger partial charge in [-0.05, 0) is 29.5 Å². The van der Waals surface area contributed by atoms with Crippen molar-refractivity contribution in [1.29, 1.82) is 5.26 Å². The van der Waals surface area contributed by atoms with E-state index in [1.165, 1.54) is 0 Å². The Morgan fingerprint density at radius 2 is 2.29 bits per heavy atom. The molecule has 14 heavy (non-hydrogen) atoms. The van der Waals surface area contributed by atoms with Crippen molar-refractivity contribution in [3.8, 4) is 6.07 Å². The first-order valence-electron chi connectivity index (χ1n) is 4.05. The van der Waals surface area contributed by atoms with Crippen LogP contribution in [0.3, 0.4) is 0 Å². The lowest BCUT2D eigenvalue weighted by atomic mass is 10.4. The van der Waals surface area contributed by atoms with Crippen molar-refractivity contribution in [3.05, 3.63) is 9.26 Å². The molecule has 0 aliphatic rings. The Bertz CT molecular complexity index is 371. The van der Waals surface area contributed by atoms with Crippen molar-refractivity contribution < 1.29 is 0 Å². The molecule has 6 heteroatoms. The van der Waals surface area contributed by atoms with Crippen molar-refractivity contribution in [2.75, 3.05) is 17.6 Å². The van der Waals surface area contributed by atoms with Gasteiger partial charge in [-0.1, -0.05) is 0 Å². The third-order valence-corrected chi connectivity index (χ3v) is 2.85. The fourth-order valence-electron chi connectivity index (χ4n) is 0.935. The Morgan fingerprint density at radius 3 is 2.93 bits per heavy atom. The highest BCUT2D eigenvalue weighted by molar-refractivity contribution is 14.1. The summed E-state index contributed by atoms with van der Waals surface area (Å²) in [5, 5.41) is 11.4. The average Bonchev–Trinajstić information content (AvgIpc) is 2.13. The first-order valence-corrected chi connectivity index (χ1v) is 5.13. The molecule has 1 rings (SSSR count). The molecule has 0 bridgehead atoms. The van der Waals surface area contributed by atoms with Gasteiger partial charge in [0.15, 0.2) is 0 Å². The molecule has 0 unspecified atom stereocenters. The van der Waals surface area contributed by atoms with Gasteiger partial charge >= 0.3 is 0 Å². The third-order valence-electron chi connectivity index (χ3n) is 1.56. The Morgan fingerprint density at radius 1 is 1.57 bits per heavy atom. The zero-order chi connectivity index (χ0) is 10.6. The van der Waals surface area contributed by atoms with Crippen molar-refractivity contribution in [2.45, 2.75) is 13.3 Å². The number of hydrogen-bond acceptors (Lipinski definition) is 5. The molecule has 0 saturated heterocycles. The molecule has 0 atom stereocenters. The van der Waals surface area contributed by atoms with E-state index in [9.17, 15) is 0 Å². The largest absolute Gasteiger partial charge is 0.368 e. The summed E-state index contributed by atoms with van der Waals surface area (Å²) in [7, 11) is 0. The molecule has 0 aliphatic heterocycles. The van der Waals surface area contributed by atoms with Crippen LogP contribution in [0.15, 0.2) is 0 Å². The van der Waals surface area contributed by atoms with E-state index >= 15 is 0 Å². The summed E-state index contributed by atoms with van der Waals surface area (Å²) >= 11 is 2.15. The molecule has 0 amide bonds. The lowest BCUT2D eigenvalue weighted by Crippen LogP contribution is -2.08. The zero-order valence-electron chi connectivity index (χ0n) is 7.71. The minimum atomic E-state index is 0.252. The van der Waals surface area contributed by atoms with E-state index in [4.69, 9.17) is 11.0 Å². The molecule has 74 valence electrons. The normalized spacial score (nSPS) is 9.50. The number of nitrogens with two attached hydrogens (primary N) is 1. The highest BCUT2D eigenvalue weighted by Crippen LogP contribution is 2.18. The fourth-order valence-corrected chi connectivity index (χ4v) is 1.37. The van der Waals surface area contributed by atoms with Crippen LogP contribution in [0.25, 0.3) is 0 Å².